The normalized spacial score (nSPS) is 11.5. The van der Waals surface area contributed by atoms with Gasteiger partial charge in [-0.2, -0.15) is 4.68 Å². The number of aromatic nitrogens is 3. The SMILES string of the molecule is CCc1nn(C(=O)NC(C)(C)C)c(=O)n1N. The van der Waals surface area contributed by atoms with Crippen molar-refractivity contribution in [2.75, 3.05) is 5.84 Å². The number of hydrogen-bond acceptors (Lipinski definition) is 4. The Kier molecular flexibility index (Phi) is 3.06. The lowest BCUT2D eigenvalue weighted by molar-refractivity contribution is 0.229. The van der Waals surface area contributed by atoms with Gasteiger partial charge in [0.05, 0.1) is 0 Å². The van der Waals surface area contributed by atoms with E-state index in [1.165, 1.54) is 0 Å². The molecular weight excluding hydrogens is 210 g/mol. The Morgan fingerprint density at radius 1 is 1.50 bits per heavy atom. The molecule has 0 aliphatic rings. The lowest BCUT2D eigenvalue weighted by Gasteiger charge is -2.19. The number of nitrogens with one attached hydrogen (secondary N) is 1. The first kappa shape index (κ1) is 12.3. The summed E-state index contributed by atoms with van der Waals surface area (Å²) in [7, 11) is 0. The van der Waals surface area contributed by atoms with E-state index < -0.39 is 17.3 Å². The van der Waals surface area contributed by atoms with Crippen LogP contribution in [0.25, 0.3) is 0 Å². The minimum absolute atomic E-state index is 0.369. The van der Waals surface area contributed by atoms with Crippen LogP contribution in [0.15, 0.2) is 4.79 Å². The van der Waals surface area contributed by atoms with Crippen molar-refractivity contribution in [1.29, 1.82) is 0 Å². The first-order chi connectivity index (χ1) is 7.26. The molecule has 0 saturated carbocycles. The fourth-order valence-corrected chi connectivity index (χ4v) is 1.17. The summed E-state index contributed by atoms with van der Waals surface area (Å²) in [4.78, 5) is 23.2. The molecule has 1 aromatic rings. The smallest absolute Gasteiger partial charge is 0.333 e. The highest BCUT2D eigenvalue weighted by molar-refractivity contribution is 5.76. The standard InChI is InChI=1S/C9H17N5O2/c1-5-6-12-14(8(16)13(6)10)7(15)11-9(2,3)4/h5,10H2,1-4H3,(H,11,15). The highest BCUT2D eigenvalue weighted by Gasteiger charge is 2.20. The molecule has 0 saturated heterocycles. The number of aryl methyl sites for hydroxylation is 1. The maximum Gasteiger partial charge on any atom is 0.373 e. The fraction of sp³-hybridized carbons (Fsp3) is 0.667. The van der Waals surface area contributed by atoms with Crippen LogP contribution in [0.3, 0.4) is 0 Å². The minimum atomic E-state index is -0.640. The molecule has 0 fully saturated rings. The molecule has 1 rings (SSSR count). The number of carbonyl (C=O) groups is 1. The van der Waals surface area contributed by atoms with E-state index in [9.17, 15) is 9.59 Å². The molecule has 0 aliphatic carbocycles. The summed E-state index contributed by atoms with van der Waals surface area (Å²) >= 11 is 0. The number of hydrogen-bond donors (Lipinski definition) is 2. The second-order valence-electron chi connectivity index (χ2n) is 4.51. The molecule has 3 N–H and O–H groups in total. The van der Waals surface area contributed by atoms with Crippen LogP contribution in [0.2, 0.25) is 0 Å². The molecule has 16 heavy (non-hydrogen) atoms. The molecule has 0 aliphatic heterocycles. The molecular formula is C9H17N5O2. The van der Waals surface area contributed by atoms with Crippen LogP contribution in [-0.4, -0.2) is 26.0 Å². The lowest BCUT2D eigenvalue weighted by atomic mass is 10.1. The van der Waals surface area contributed by atoms with Crippen molar-refractivity contribution in [2.24, 2.45) is 0 Å². The zero-order chi connectivity index (χ0) is 12.5. The number of amides is 1. The summed E-state index contributed by atoms with van der Waals surface area (Å²) < 4.78 is 1.62. The number of nitrogens with two attached hydrogens (primary N) is 1. The van der Waals surface area contributed by atoms with Crippen molar-refractivity contribution in [3.63, 3.8) is 0 Å². The Morgan fingerprint density at radius 3 is 2.44 bits per heavy atom. The van der Waals surface area contributed by atoms with Gasteiger partial charge in [-0.1, -0.05) is 6.92 Å². The van der Waals surface area contributed by atoms with E-state index in [0.29, 0.717) is 12.2 Å². The molecule has 1 aromatic heterocycles. The van der Waals surface area contributed by atoms with E-state index in [1.807, 2.05) is 20.8 Å². The van der Waals surface area contributed by atoms with E-state index in [1.54, 1.807) is 6.92 Å². The first-order valence-electron chi connectivity index (χ1n) is 5.05. The van der Waals surface area contributed by atoms with Crippen molar-refractivity contribution in [3.05, 3.63) is 16.3 Å². The molecule has 0 radical (unpaired) electrons. The Bertz CT molecular complexity index is 451. The number of nitrogens with zero attached hydrogens (tertiary/aromatic N) is 3. The molecule has 7 nitrogen and oxygen atoms in total. The lowest BCUT2D eigenvalue weighted by Crippen LogP contribution is -2.47. The topological polar surface area (TPSA) is 94.9 Å². The molecule has 0 bridgehead atoms. The van der Waals surface area contributed by atoms with Crippen LogP contribution in [0.5, 0.6) is 0 Å². The summed E-state index contributed by atoms with van der Waals surface area (Å²) in [5.41, 5.74) is -1.07. The maximum absolute atomic E-state index is 11.7. The van der Waals surface area contributed by atoms with Gasteiger partial charge in [0.25, 0.3) is 0 Å². The molecule has 0 aromatic carbocycles. The minimum Gasteiger partial charge on any atom is -0.333 e. The van der Waals surface area contributed by atoms with Crippen LogP contribution in [0.1, 0.15) is 33.5 Å². The predicted octanol–water partition coefficient (Wildman–Crippen LogP) is -0.323. The average molecular weight is 227 g/mol. The van der Waals surface area contributed by atoms with Gasteiger partial charge in [0.2, 0.25) is 0 Å². The summed E-state index contributed by atoms with van der Waals surface area (Å²) in [5, 5.41) is 6.48. The van der Waals surface area contributed by atoms with Gasteiger partial charge in [-0.3, -0.25) is 0 Å². The van der Waals surface area contributed by atoms with Gasteiger partial charge < -0.3 is 11.2 Å². The Balaban J connectivity index is 3.06. The molecule has 0 spiro atoms. The second-order valence-corrected chi connectivity index (χ2v) is 4.51. The third-order valence-corrected chi connectivity index (χ3v) is 1.87. The van der Waals surface area contributed by atoms with Crippen LogP contribution in [0.4, 0.5) is 4.79 Å². The first-order valence-corrected chi connectivity index (χ1v) is 5.05. The van der Waals surface area contributed by atoms with Crippen LogP contribution < -0.4 is 16.8 Å². The van der Waals surface area contributed by atoms with Gasteiger partial charge in [-0.15, -0.1) is 9.78 Å². The summed E-state index contributed by atoms with van der Waals surface area (Å²) in [6, 6.07) is -0.573. The quantitative estimate of drug-likeness (QED) is 0.643. The van der Waals surface area contributed by atoms with Gasteiger partial charge in [0.15, 0.2) is 5.82 Å². The van der Waals surface area contributed by atoms with E-state index in [-0.39, 0.29) is 0 Å². The summed E-state index contributed by atoms with van der Waals surface area (Å²) in [6.45, 7) is 7.25. The number of nitrogen functional groups attached to an aromatic ring is 1. The second kappa shape index (κ2) is 3.99. The van der Waals surface area contributed by atoms with Gasteiger partial charge in [-0.25, -0.2) is 9.59 Å². The Labute approximate surface area is 93.2 Å². The number of carbonyl (C=O) groups excluding carboxylic acids is 1. The summed E-state index contributed by atoms with van der Waals surface area (Å²) in [5.74, 6) is 5.83. The predicted molar refractivity (Wildman–Crippen MR) is 59.7 cm³/mol. The molecule has 0 unspecified atom stereocenters. The van der Waals surface area contributed by atoms with Crippen molar-refractivity contribution in [1.82, 2.24) is 19.8 Å². The average Bonchev–Trinajstić information content (AvgIpc) is 2.41. The summed E-state index contributed by atoms with van der Waals surface area (Å²) in [6.07, 6.45) is 0.488. The van der Waals surface area contributed by atoms with Gasteiger partial charge in [-0.05, 0) is 20.8 Å². The van der Waals surface area contributed by atoms with Crippen molar-refractivity contribution in [3.8, 4) is 0 Å². The number of rotatable bonds is 1. The van der Waals surface area contributed by atoms with E-state index >= 15 is 0 Å². The Hall–Kier alpha value is -1.79. The van der Waals surface area contributed by atoms with Gasteiger partial charge in [0, 0.05) is 12.0 Å². The maximum atomic E-state index is 11.7. The van der Waals surface area contributed by atoms with Crippen LogP contribution >= 0.6 is 0 Å². The third-order valence-electron chi connectivity index (χ3n) is 1.87. The molecule has 1 heterocycles. The molecule has 90 valence electrons. The highest BCUT2D eigenvalue weighted by Crippen LogP contribution is 1.98. The Morgan fingerprint density at radius 2 is 2.06 bits per heavy atom. The van der Waals surface area contributed by atoms with E-state index in [0.717, 1.165) is 9.36 Å². The van der Waals surface area contributed by atoms with E-state index in [4.69, 9.17) is 5.84 Å². The van der Waals surface area contributed by atoms with Gasteiger partial charge >= 0.3 is 11.7 Å². The fourth-order valence-electron chi connectivity index (χ4n) is 1.17. The van der Waals surface area contributed by atoms with E-state index in [2.05, 4.69) is 10.4 Å². The van der Waals surface area contributed by atoms with Crippen LogP contribution in [0, 0.1) is 0 Å². The van der Waals surface area contributed by atoms with Crippen molar-refractivity contribution >= 4 is 6.03 Å². The molecule has 0 atom stereocenters. The third kappa shape index (κ3) is 2.41. The van der Waals surface area contributed by atoms with Crippen LogP contribution in [-0.2, 0) is 6.42 Å². The highest BCUT2D eigenvalue weighted by atomic mass is 16.2. The van der Waals surface area contributed by atoms with Gasteiger partial charge in [0.1, 0.15) is 0 Å². The monoisotopic (exact) mass is 227 g/mol. The molecule has 7 heteroatoms. The van der Waals surface area contributed by atoms with Crippen molar-refractivity contribution in [2.45, 2.75) is 39.7 Å². The largest absolute Gasteiger partial charge is 0.373 e. The zero-order valence-corrected chi connectivity index (χ0v) is 9.94. The molecule has 1 amide bonds. The van der Waals surface area contributed by atoms with Crippen molar-refractivity contribution < 1.29 is 4.79 Å². The zero-order valence-electron chi connectivity index (χ0n) is 9.94.